The SMILES string of the molecule is CC(=O)N(CC[Si](C)(C)O[Si](C)(C)O[Si](C)(C)CCCN(C(C)=O)[C@H]1OC(CO)[C@H](O[C@H]2OC(CO)[C@H](O)C(O)[C@H]2O)C(O)C1O)[C@@H]1O[C@@H](CO)[C@@H](O[C@@H]2OC(CO)[C@@H](O)[C@H](O)C2O)C(O)C1O. The van der Waals surface area contributed by atoms with Crippen molar-refractivity contribution in [3.8, 4) is 0 Å². The van der Waals surface area contributed by atoms with Gasteiger partial charge in [0.05, 0.1) is 26.4 Å². The molecule has 4 saturated heterocycles. The predicted molar refractivity (Wildman–Crippen MR) is 236 cm³/mol. The molecule has 0 radical (unpaired) electrons. The summed E-state index contributed by atoms with van der Waals surface area (Å²) < 4.78 is 47.3. The minimum absolute atomic E-state index is 0.00683. The number of aliphatic hydroxyl groups excluding tert-OH is 14. The maximum atomic E-state index is 13.0. The number of hydrogen-bond donors (Lipinski definition) is 14. The van der Waals surface area contributed by atoms with Crippen molar-refractivity contribution in [3.05, 3.63) is 0 Å². The Morgan fingerprint density at radius 1 is 0.456 bits per heavy atom. The molecule has 9 unspecified atom stereocenters. The zero-order valence-corrected chi connectivity index (χ0v) is 42.6. The lowest BCUT2D eigenvalue weighted by molar-refractivity contribution is -0.347. The van der Waals surface area contributed by atoms with Gasteiger partial charge in [0.15, 0.2) is 41.7 Å². The summed E-state index contributed by atoms with van der Waals surface area (Å²) in [7, 11) is -8.25. The molecular formula is C39H76N2O24Si3. The second kappa shape index (κ2) is 24.6. The third kappa shape index (κ3) is 14.3. The fourth-order valence-corrected chi connectivity index (χ4v) is 22.9. The first-order valence-corrected chi connectivity index (χ1v) is 31.7. The summed E-state index contributed by atoms with van der Waals surface area (Å²) in [6.45, 7) is 11.0. The van der Waals surface area contributed by atoms with Gasteiger partial charge in [-0.3, -0.25) is 9.59 Å². The van der Waals surface area contributed by atoms with E-state index in [2.05, 4.69) is 0 Å². The van der Waals surface area contributed by atoms with Crippen molar-refractivity contribution in [2.75, 3.05) is 39.5 Å². The van der Waals surface area contributed by atoms with Crippen molar-refractivity contribution in [2.24, 2.45) is 0 Å². The molecule has 398 valence electrons. The highest BCUT2D eigenvalue weighted by molar-refractivity contribution is 6.87. The van der Waals surface area contributed by atoms with Gasteiger partial charge >= 0.3 is 8.56 Å². The molecule has 4 fully saturated rings. The van der Waals surface area contributed by atoms with Crippen LogP contribution in [0.2, 0.25) is 51.4 Å². The molecule has 0 aliphatic carbocycles. The van der Waals surface area contributed by atoms with Crippen LogP contribution in [-0.2, 0) is 46.2 Å². The molecule has 4 rings (SSSR count). The van der Waals surface area contributed by atoms with Gasteiger partial charge < -0.3 is 118 Å². The first-order valence-electron chi connectivity index (χ1n) is 22.7. The van der Waals surface area contributed by atoms with E-state index in [4.69, 9.17) is 36.7 Å². The number of amides is 2. The highest BCUT2D eigenvalue weighted by Gasteiger charge is 2.54. The van der Waals surface area contributed by atoms with E-state index in [1.807, 2.05) is 39.3 Å². The second-order valence-electron chi connectivity index (χ2n) is 19.5. The minimum Gasteiger partial charge on any atom is -0.437 e. The van der Waals surface area contributed by atoms with E-state index < -0.39 is 186 Å². The molecule has 2 amide bonds. The molecule has 4 aliphatic rings. The maximum Gasteiger partial charge on any atom is 0.311 e. The molecule has 29 heteroatoms. The standard InChI is InChI=1S/C39H76N2O24Si3/c1-18(46)40(36-30(54)28(52)34(22(16-44)58-36)62-38-32(56)26(50)24(48)20(14-42)60-38)10-9-12-66(3,4)64-68(7,8)65-67(5,6)13-11-41(19(2)47)37-31(55)29(53)35(23(17-45)59-37)63-39-33(57)27(51)25(49)21(15-43)61-39/h20-39,42-45,48-57H,9-17H2,1-8H3/t20?,21?,22?,23-,24-,25+,26?,27-,28?,29?,30?,31?,32+,33?,34-,35+,36-,37+,38+,39-/m0/s1. The van der Waals surface area contributed by atoms with E-state index in [9.17, 15) is 81.1 Å². The molecular weight excluding hydrogens is 965 g/mol. The fourth-order valence-electron chi connectivity index (χ4n) is 9.10. The van der Waals surface area contributed by atoms with Gasteiger partial charge in [0.1, 0.15) is 97.7 Å². The van der Waals surface area contributed by atoms with Crippen molar-refractivity contribution in [2.45, 2.75) is 194 Å². The Morgan fingerprint density at radius 3 is 1.16 bits per heavy atom. The summed E-state index contributed by atoms with van der Waals surface area (Å²) in [5.74, 6) is -1.06. The fraction of sp³-hybridized carbons (Fsp3) is 0.949. The van der Waals surface area contributed by atoms with Crippen molar-refractivity contribution in [3.63, 3.8) is 0 Å². The summed E-state index contributed by atoms with van der Waals surface area (Å²) in [6, 6.07) is 0.790. The molecule has 0 saturated carbocycles. The van der Waals surface area contributed by atoms with Gasteiger partial charge in [0, 0.05) is 26.9 Å². The number of aliphatic hydroxyl groups is 14. The minimum atomic E-state index is -2.94. The average Bonchev–Trinajstić information content (AvgIpc) is 3.25. The highest BCUT2D eigenvalue weighted by atomic mass is 28.5. The Morgan fingerprint density at radius 2 is 0.809 bits per heavy atom. The molecule has 0 spiro atoms. The normalized spacial score (nSPS) is 39.7. The van der Waals surface area contributed by atoms with Gasteiger partial charge in [0.2, 0.25) is 11.8 Å². The van der Waals surface area contributed by atoms with Crippen LogP contribution in [0.3, 0.4) is 0 Å². The lowest BCUT2D eigenvalue weighted by Gasteiger charge is -2.48. The van der Waals surface area contributed by atoms with Gasteiger partial charge in [-0.25, -0.2) is 0 Å². The monoisotopic (exact) mass is 1040 g/mol. The summed E-state index contributed by atoms with van der Waals surface area (Å²) in [5, 5.41) is 146. The largest absolute Gasteiger partial charge is 0.437 e. The van der Waals surface area contributed by atoms with Crippen LogP contribution < -0.4 is 0 Å². The van der Waals surface area contributed by atoms with Crippen LogP contribution in [0.4, 0.5) is 0 Å². The Kier molecular flexibility index (Phi) is 21.5. The van der Waals surface area contributed by atoms with Crippen LogP contribution in [0.1, 0.15) is 20.3 Å². The van der Waals surface area contributed by atoms with Crippen molar-refractivity contribution in [1.29, 1.82) is 0 Å². The topological polar surface area (TPSA) is 398 Å². The van der Waals surface area contributed by atoms with Gasteiger partial charge in [-0.1, -0.05) is 0 Å². The lowest BCUT2D eigenvalue weighted by atomic mass is 9.96. The average molecular weight is 1040 g/mol. The van der Waals surface area contributed by atoms with Gasteiger partial charge in [-0.15, -0.1) is 0 Å². The van der Waals surface area contributed by atoms with Gasteiger partial charge in [-0.05, 0) is 57.8 Å². The summed E-state index contributed by atoms with van der Waals surface area (Å²) in [5.41, 5.74) is 0. The molecule has 20 atom stereocenters. The van der Waals surface area contributed by atoms with Crippen LogP contribution in [0.5, 0.6) is 0 Å². The predicted octanol–water partition coefficient (Wildman–Crippen LogP) is -6.53. The van der Waals surface area contributed by atoms with Crippen LogP contribution in [-0.4, -0.2) is 281 Å². The number of rotatable bonds is 21. The van der Waals surface area contributed by atoms with E-state index in [-0.39, 0.29) is 13.1 Å². The first-order chi connectivity index (χ1) is 31.5. The zero-order chi connectivity index (χ0) is 51.4. The number of hydrogen-bond acceptors (Lipinski definition) is 24. The van der Waals surface area contributed by atoms with Gasteiger partial charge in [-0.2, -0.15) is 0 Å². The second-order valence-corrected chi connectivity index (χ2v) is 31.9. The molecule has 0 aromatic carbocycles. The summed E-state index contributed by atoms with van der Waals surface area (Å²) in [4.78, 5) is 28.4. The first kappa shape index (κ1) is 59.3. The molecule has 4 heterocycles. The Balaban J connectivity index is 1.33. The lowest BCUT2D eigenvalue weighted by Crippen LogP contribution is -2.67. The van der Waals surface area contributed by atoms with Crippen molar-refractivity contribution < 1.29 is 118 Å². The highest BCUT2D eigenvalue weighted by Crippen LogP contribution is 2.34. The Hall–Kier alpha value is -1.29. The molecule has 14 N–H and O–H groups in total. The summed E-state index contributed by atoms with van der Waals surface area (Å²) >= 11 is 0. The molecule has 0 aromatic heterocycles. The van der Waals surface area contributed by atoms with E-state index in [1.165, 1.54) is 23.6 Å². The van der Waals surface area contributed by atoms with Crippen molar-refractivity contribution in [1.82, 2.24) is 9.80 Å². The van der Waals surface area contributed by atoms with Gasteiger partial charge in [0.25, 0.3) is 0 Å². The van der Waals surface area contributed by atoms with E-state index in [0.717, 1.165) is 0 Å². The van der Waals surface area contributed by atoms with E-state index >= 15 is 0 Å². The number of carbonyl (C=O) groups is 2. The Bertz CT molecular complexity index is 1600. The third-order valence-electron chi connectivity index (χ3n) is 12.6. The quantitative estimate of drug-likeness (QED) is 0.0475. The summed E-state index contributed by atoms with van der Waals surface area (Å²) in [6.07, 6.45) is -32.4. The van der Waals surface area contributed by atoms with E-state index in [0.29, 0.717) is 18.5 Å². The maximum absolute atomic E-state index is 13.0. The third-order valence-corrected chi connectivity index (χ3v) is 23.9. The zero-order valence-electron chi connectivity index (χ0n) is 39.6. The van der Waals surface area contributed by atoms with Crippen LogP contribution >= 0.6 is 0 Å². The molecule has 4 aliphatic heterocycles. The van der Waals surface area contributed by atoms with Crippen molar-refractivity contribution >= 4 is 37.0 Å². The number of nitrogens with zero attached hydrogens (tertiary/aromatic N) is 2. The Labute approximate surface area is 397 Å². The van der Waals surface area contributed by atoms with E-state index in [1.54, 1.807) is 0 Å². The van der Waals surface area contributed by atoms with Crippen LogP contribution in [0, 0.1) is 0 Å². The smallest absolute Gasteiger partial charge is 0.311 e. The van der Waals surface area contributed by atoms with Crippen LogP contribution in [0.15, 0.2) is 0 Å². The molecule has 26 nitrogen and oxygen atoms in total. The molecule has 0 aromatic rings. The molecule has 68 heavy (non-hydrogen) atoms. The molecule has 0 bridgehead atoms. The van der Waals surface area contributed by atoms with Crippen LogP contribution in [0.25, 0.3) is 0 Å². The number of carbonyl (C=O) groups excluding carboxylic acids is 2. The number of ether oxygens (including phenoxy) is 6.